The van der Waals surface area contributed by atoms with E-state index in [2.05, 4.69) is 10.6 Å². The first-order valence-electron chi connectivity index (χ1n) is 9.54. The van der Waals surface area contributed by atoms with E-state index in [1.807, 2.05) is 66.7 Å². The van der Waals surface area contributed by atoms with Crippen LogP contribution in [0.25, 0.3) is 10.8 Å². The number of aryl methyl sites for hydroxylation is 1. The van der Waals surface area contributed by atoms with Gasteiger partial charge in [0.25, 0.3) is 5.91 Å². The van der Waals surface area contributed by atoms with Gasteiger partial charge >= 0.3 is 6.03 Å². The number of rotatable bonds is 6. The van der Waals surface area contributed by atoms with Crippen molar-refractivity contribution >= 4 is 34.3 Å². The van der Waals surface area contributed by atoms with Crippen molar-refractivity contribution in [2.75, 3.05) is 11.9 Å². The first-order chi connectivity index (χ1) is 14.1. The molecule has 0 aromatic heterocycles. The highest BCUT2D eigenvalue weighted by atomic mass is 16.2. The van der Waals surface area contributed by atoms with Crippen LogP contribution in [0.3, 0.4) is 0 Å². The molecular formula is C23H21N3O3. The number of fused-ring (bicyclic) bond motifs is 1. The predicted molar refractivity (Wildman–Crippen MR) is 111 cm³/mol. The van der Waals surface area contributed by atoms with Crippen molar-refractivity contribution in [3.63, 3.8) is 0 Å². The van der Waals surface area contributed by atoms with Gasteiger partial charge < -0.3 is 10.6 Å². The molecular weight excluding hydrogens is 366 g/mol. The molecule has 0 spiro atoms. The molecule has 1 aliphatic rings. The molecule has 3 aromatic rings. The fourth-order valence-corrected chi connectivity index (χ4v) is 3.49. The Balaban J connectivity index is 1.35. The van der Waals surface area contributed by atoms with E-state index in [4.69, 9.17) is 0 Å². The lowest BCUT2D eigenvalue weighted by Crippen LogP contribution is -2.38. The summed E-state index contributed by atoms with van der Waals surface area (Å²) in [6.45, 7) is -0.306. The van der Waals surface area contributed by atoms with Gasteiger partial charge in [-0.15, -0.1) is 0 Å². The van der Waals surface area contributed by atoms with E-state index in [1.54, 1.807) is 6.07 Å². The summed E-state index contributed by atoms with van der Waals surface area (Å²) in [7, 11) is 0. The maximum Gasteiger partial charge on any atom is 0.325 e. The Morgan fingerprint density at radius 2 is 1.66 bits per heavy atom. The van der Waals surface area contributed by atoms with Crippen molar-refractivity contribution in [3.05, 3.63) is 78.4 Å². The van der Waals surface area contributed by atoms with Crippen LogP contribution in [0.15, 0.2) is 72.8 Å². The Bertz CT molecular complexity index is 1070. The number of benzene rings is 3. The Kier molecular flexibility index (Phi) is 5.24. The van der Waals surface area contributed by atoms with Gasteiger partial charge in [-0.2, -0.15) is 0 Å². The molecule has 0 saturated carbocycles. The van der Waals surface area contributed by atoms with Crippen molar-refractivity contribution in [1.82, 2.24) is 10.2 Å². The van der Waals surface area contributed by atoms with E-state index < -0.39 is 18.0 Å². The molecule has 3 aromatic carbocycles. The van der Waals surface area contributed by atoms with Gasteiger partial charge in [-0.1, -0.05) is 60.7 Å². The van der Waals surface area contributed by atoms with Gasteiger partial charge in [-0.3, -0.25) is 14.5 Å². The average molecular weight is 387 g/mol. The zero-order valence-corrected chi connectivity index (χ0v) is 15.8. The molecule has 6 nitrogen and oxygen atoms in total. The first kappa shape index (κ1) is 18.7. The largest absolute Gasteiger partial charge is 0.326 e. The van der Waals surface area contributed by atoms with Crippen LogP contribution >= 0.6 is 0 Å². The number of carbonyl (C=O) groups excluding carboxylic acids is 3. The van der Waals surface area contributed by atoms with Gasteiger partial charge in [0, 0.05) is 5.69 Å². The van der Waals surface area contributed by atoms with Gasteiger partial charge in [-0.25, -0.2) is 4.79 Å². The van der Waals surface area contributed by atoms with Gasteiger partial charge in [0.15, 0.2) is 0 Å². The van der Waals surface area contributed by atoms with E-state index >= 15 is 0 Å². The van der Waals surface area contributed by atoms with Crippen LogP contribution in [0.1, 0.15) is 12.0 Å². The third-order valence-corrected chi connectivity index (χ3v) is 5.01. The number of anilines is 1. The molecule has 1 atom stereocenters. The first-order valence-corrected chi connectivity index (χ1v) is 9.54. The number of imide groups is 1. The van der Waals surface area contributed by atoms with Crippen molar-refractivity contribution in [2.45, 2.75) is 18.9 Å². The molecule has 146 valence electrons. The van der Waals surface area contributed by atoms with Crippen molar-refractivity contribution in [3.8, 4) is 0 Å². The second-order valence-electron chi connectivity index (χ2n) is 7.06. The Hall–Kier alpha value is -3.67. The zero-order valence-electron chi connectivity index (χ0n) is 15.8. The van der Waals surface area contributed by atoms with Gasteiger partial charge in [0.2, 0.25) is 5.91 Å². The minimum atomic E-state index is -0.601. The van der Waals surface area contributed by atoms with Crippen LogP contribution < -0.4 is 10.6 Å². The Morgan fingerprint density at radius 1 is 0.931 bits per heavy atom. The molecule has 1 unspecified atom stereocenters. The summed E-state index contributed by atoms with van der Waals surface area (Å²) in [5.41, 5.74) is 1.73. The van der Waals surface area contributed by atoms with Crippen LogP contribution in [-0.4, -0.2) is 35.3 Å². The summed E-state index contributed by atoms with van der Waals surface area (Å²) in [5, 5.41) is 7.51. The molecule has 0 radical (unpaired) electrons. The van der Waals surface area contributed by atoms with E-state index in [9.17, 15) is 14.4 Å². The summed E-state index contributed by atoms with van der Waals surface area (Å²) in [5.74, 6) is -0.771. The smallest absolute Gasteiger partial charge is 0.325 e. The van der Waals surface area contributed by atoms with Gasteiger partial charge in [0.1, 0.15) is 12.6 Å². The fourth-order valence-electron chi connectivity index (χ4n) is 3.49. The number of nitrogens with zero attached hydrogens (tertiary/aromatic N) is 1. The zero-order chi connectivity index (χ0) is 20.2. The van der Waals surface area contributed by atoms with E-state index in [-0.39, 0.29) is 12.5 Å². The van der Waals surface area contributed by atoms with E-state index in [0.29, 0.717) is 18.5 Å². The lowest BCUT2D eigenvalue weighted by molar-refractivity contribution is -0.130. The lowest BCUT2D eigenvalue weighted by atomic mass is 10.1. The second-order valence-corrected chi connectivity index (χ2v) is 7.06. The molecule has 0 bridgehead atoms. The molecule has 4 amide bonds. The number of amides is 4. The third kappa shape index (κ3) is 4.27. The quantitative estimate of drug-likeness (QED) is 0.637. The van der Waals surface area contributed by atoms with Crippen molar-refractivity contribution in [1.29, 1.82) is 0 Å². The van der Waals surface area contributed by atoms with Crippen LogP contribution in [-0.2, 0) is 16.0 Å². The predicted octanol–water partition coefficient (Wildman–Crippen LogP) is 3.33. The summed E-state index contributed by atoms with van der Waals surface area (Å²) in [6.07, 6.45) is 1.17. The molecule has 1 saturated heterocycles. The fraction of sp³-hybridized carbons (Fsp3) is 0.174. The number of hydrogen-bond acceptors (Lipinski definition) is 3. The number of carbonyl (C=O) groups is 3. The lowest BCUT2D eigenvalue weighted by Gasteiger charge is -2.13. The van der Waals surface area contributed by atoms with Crippen molar-refractivity contribution in [2.24, 2.45) is 0 Å². The molecule has 1 aliphatic heterocycles. The van der Waals surface area contributed by atoms with Gasteiger partial charge in [-0.05, 0) is 41.3 Å². The second kappa shape index (κ2) is 8.14. The third-order valence-electron chi connectivity index (χ3n) is 5.01. The average Bonchev–Trinajstić information content (AvgIpc) is 3.00. The van der Waals surface area contributed by atoms with Crippen LogP contribution in [0.5, 0.6) is 0 Å². The standard InChI is InChI=1S/C23H21N3O3/c27-21(24-19-12-11-17-8-4-5-9-18(17)14-19)15-26-22(28)20(25-23(26)29)13-10-16-6-2-1-3-7-16/h1-9,11-12,14,20H,10,13,15H2,(H,24,27)(H,25,29). The Morgan fingerprint density at radius 3 is 2.45 bits per heavy atom. The highest BCUT2D eigenvalue weighted by Gasteiger charge is 2.38. The monoisotopic (exact) mass is 387 g/mol. The van der Waals surface area contributed by atoms with E-state index in [0.717, 1.165) is 21.2 Å². The number of urea groups is 1. The summed E-state index contributed by atoms with van der Waals surface area (Å²) >= 11 is 0. The highest BCUT2D eigenvalue weighted by Crippen LogP contribution is 2.19. The van der Waals surface area contributed by atoms with Crippen LogP contribution in [0.4, 0.5) is 10.5 Å². The number of hydrogen-bond donors (Lipinski definition) is 2. The SMILES string of the molecule is O=C(CN1C(=O)NC(CCc2ccccc2)C1=O)Nc1ccc2ccccc2c1. The molecule has 29 heavy (non-hydrogen) atoms. The van der Waals surface area contributed by atoms with Crippen LogP contribution in [0.2, 0.25) is 0 Å². The maximum absolute atomic E-state index is 12.6. The summed E-state index contributed by atoms with van der Waals surface area (Å²) < 4.78 is 0. The Labute approximate surface area is 168 Å². The molecule has 1 heterocycles. The number of nitrogens with one attached hydrogen (secondary N) is 2. The van der Waals surface area contributed by atoms with Crippen LogP contribution in [0, 0.1) is 0 Å². The minimum Gasteiger partial charge on any atom is -0.326 e. The van der Waals surface area contributed by atoms with E-state index in [1.165, 1.54) is 0 Å². The molecule has 1 fully saturated rings. The summed E-state index contributed by atoms with van der Waals surface area (Å²) in [4.78, 5) is 38.1. The molecule has 2 N–H and O–H groups in total. The highest BCUT2D eigenvalue weighted by molar-refractivity contribution is 6.08. The topological polar surface area (TPSA) is 78.5 Å². The molecule has 4 rings (SSSR count). The van der Waals surface area contributed by atoms with Crippen molar-refractivity contribution < 1.29 is 14.4 Å². The normalized spacial score (nSPS) is 16.1. The maximum atomic E-state index is 12.6. The summed E-state index contributed by atoms with van der Waals surface area (Å²) in [6, 6.07) is 22.1. The molecule has 6 heteroatoms. The minimum absolute atomic E-state index is 0.306. The molecule has 0 aliphatic carbocycles. The van der Waals surface area contributed by atoms with Gasteiger partial charge in [0.05, 0.1) is 0 Å².